The first-order valence-corrected chi connectivity index (χ1v) is 8.90. The Morgan fingerprint density at radius 1 is 1.19 bits per heavy atom. The normalized spacial score (nSPS) is 38.7. The Morgan fingerprint density at radius 2 is 2.14 bits per heavy atom. The van der Waals surface area contributed by atoms with Gasteiger partial charge in [0.15, 0.2) is 0 Å². The van der Waals surface area contributed by atoms with Crippen LogP contribution in [-0.4, -0.2) is 50.7 Å². The fourth-order valence-corrected chi connectivity index (χ4v) is 4.20. The Morgan fingerprint density at radius 3 is 2.86 bits per heavy atom. The molecule has 3 aliphatic rings. The molecule has 0 aromatic carbocycles. The van der Waals surface area contributed by atoms with Crippen molar-refractivity contribution in [1.82, 2.24) is 5.32 Å². The predicted molar refractivity (Wildman–Crippen MR) is 82.5 cm³/mol. The van der Waals surface area contributed by atoms with Crippen molar-refractivity contribution in [2.24, 2.45) is 5.92 Å². The molecule has 0 bridgehead atoms. The number of nitrogens with one attached hydrogen (secondary N) is 1. The Kier molecular flexibility index (Phi) is 5.54. The maximum atomic E-state index is 6.11. The summed E-state index contributed by atoms with van der Waals surface area (Å²) in [6.45, 7) is 6.79. The van der Waals surface area contributed by atoms with Gasteiger partial charge in [-0.1, -0.05) is 6.92 Å². The summed E-state index contributed by atoms with van der Waals surface area (Å²) in [5.41, 5.74) is 0.00370. The van der Waals surface area contributed by atoms with Gasteiger partial charge in [0.1, 0.15) is 0 Å². The van der Waals surface area contributed by atoms with Crippen LogP contribution in [0.4, 0.5) is 0 Å². The Bertz CT molecular complexity index is 311. The number of rotatable bonds is 5. The van der Waals surface area contributed by atoms with Crippen molar-refractivity contribution in [2.75, 3.05) is 33.0 Å². The van der Waals surface area contributed by atoms with Crippen molar-refractivity contribution in [3.63, 3.8) is 0 Å². The molecule has 4 nitrogen and oxygen atoms in total. The average Bonchev–Trinajstić information content (AvgIpc) is 2.97. The quantitative estimate of drug-likeness (QED) is 0.846. The molecule has 21 heavy (non-hydrogen) atoms. The Labute approximate surface area is 128 Å². The third kappa shape index (κ3) is 3.79. The molecule has 4 unspecified atom stereocenters. The highest BCUT2D eigenvalue weighted by Crippen LogP contribution is 2.38. The maximum absolute atomic E-state index is 6.11. The molecule has 0 aromatic heterocycles. The standard InChI is InChI=1S/C17H31NO3/c1-2-8-18-16(15-5-3-4-9-20-15)14-6-10-21-17(12-14)7-11-19-13-17/h14-16,18H,2-13H2,1H3. The minimum Gasteiger partial charge on any atom is -0.378 e. The van der Waals surface area contributed by atoms with Crippen LogP contribution >= 0.6 is 0 Å². The topological polar surface area (TPSA) is 39.7 Å². The molecule has 0 amide bonds. The number of hydrogen-bond acceptors (Lipinski definition) is 4. The monoisotopic (exact) mass is 297 g/mol. The lowest BCUT2D eigenvalue weighted by Gasteiger charge is -2.43. The van der Waals surface area contributed by atoms with Gasteiger partial charge < -0.3 is 19.5 Å². The molecule has 4 atom stereocenters. The second kappa shape index (κ2) is 7.40. The molecule has 0 radical (unpaired) electrons. The van der Waals surface area contributed by atoms with Crippen molar-refractivity contribution in [2.45, 2.75) is 69.6 Å². The zero-order chi connectivity index (χ0) is 14.5. The lowest BCUT2D eigenvalue weighted by Crippen LogP contribution is -2.53. The minimum absolute atomic E-state index is 0.00370. The van der Waals surface area contributed by atoms with Gasteiger partial charge in [0, 0.05) is 32.3 Å². The van der Waals surface area contributed by atoms with Crippen LogP contribution < -0.4 is 5.32 Å². The largest absolute Gasteiger partial charge is 0.378 e. The lowest BCUT2D eigenvalue weighted by molar-refractivity contribution is -0.116. The first kappa shape index (κ1) is 15.7. The van der Waals surface area contributed by atoms with Gasteiger partial charge in [0.25, 0.3) is 0 Å². The molecule has 3 aliphatic heterocycles. The fraction of sp³-hybridized carbons (Fsp3) is 1.00. The second-order valence-corrected chi connectivity index (χ2v) is 6.97. The van der Waals surface area contributed by atoms with Crippen LogP contribution in [0.5, 0.6) is 0 Å². The fourth-order valence-electron chi connectivity index (χ4n) is 4.20. The van der Waals surface area contributed by atoms with E-state index in [-0.39, 0.29) is 5.60 Å². The molecule has 3 heterocycles. The van der Waals surface area contributed by atoms with Crippen LogP contribution in [-0.2, 0) is 14.2 Å². The summed E-state index contributed by atoms with van der Waals surface area (Å²) in [5, 5.41) is 3.79. The van der Waals surface area contributed by atoms with Gasteiger partial charge in [-0.05, 0) is 51.0 Å². The maximum Gasteiger partial charge on any atom is 0.0939 e. The summed E-state index contributed by atoms with van der Waals surface area (Å²) in [5.74, 6) is 0.662. The molecule has 3 saturated heterocycles. The number of ether oxygens (including phenoxy) is 3. The lowest BCUT2D eigenvalue weighted by atomic mass is 9.78. The third-order valence-electron chi connectivity index (χ3n) is 5.35. The smallest absolute Gasteiger partial charge is 0.0939 e. The summed E-state index contributed by atoms with van der Waals surface area (Å²) < 4.78 is 17.8. The first-order chi connectivity index (χ1) is 10.3. The van der Waals surface area contributed by atoms with Crippen molar-refractivity contribution in [3.8, 4) is 0 Å². The van der Waals surface area contributed by atoms with E-state index in [4.69, 9.17) is 14.2 Å². The van der Waals surface area contributed by atoms with Gasteiger partial charge in [-0.15, -0.1) is 0 Å². The molecule has 0 aromatic rings. The summed E-state index contributed by atoms with van der Waals surface area (Å²) in [7, 11) is 0. The van der Waals surface area contributed by atoms with E-state index >= 15 is 0 Å². The van der Waals surface area contributed by atoms with E-state index in [9.17, 15) is 0 Å². The van der Waals surface area contributed by atoms with Crippen LogP contribution in [0.15, 0.2) is 0 Å². The summed E-state index contributed by atoms with van der Waals surface area (Å²) >= 11 is 0. The molecule has 122 valence electrons. The van der Waals surface area contributed by atoms with E-state index in [2.05, 4.69) is 12.2 Å². The molecular formula is C17H31NO3. The molecule has 1 spiro atoms. The molecule has 4 heteroatoms. The molecular weight excluding hydrogens is 266 g/mol. The van der Waals surface area contributed by atoms with E-state index < -0.39 is 0 Å². The van der Waals surface area contributed by atoms with E-state index in [1.54, 1.807) is 0 Å². The van der Waals surface area contributed by atoms with Gasteiger partial charge in [-0.2, -0.15) is 0 Å². The van der Waals surface area contributed by atoms with E-state index in [0.29, 0.717) is 18.1 Å². The first-order valence-electron chi connectivity index (χ1n) is 8.90. The van der Waals surface area contributed by atoms with Crippen molar-refractivity contribution >= 4 is 0 Å². The molecule has 0 saturated carbocycles. The van der Waals surface area contributed by atoms with Crippen molar-refractivity contribution < 1.29 is 14.2 Å². The molecule has 0 aliphatic carbocycles. The highest BCUT2D eigenvalue weighted by atomic mass is 16.6. The molecule has 3 rings (SSSR count). The zero-order valence-corrected chi connectivity index (χ0v) is 13.4. The van der Waals surface area contributed by atoms with Crippen LogP contribution in [0.3, 0.4) is 0 Å². The number of hydrogen-bond donors (Lipinski definition) is 1. The Hall–Kier alpha value is -0.160. The Balaban J connectivity index is 1.65. The minimum atomic E-state index is 0.00370. The average molecular weight is 297 g/mol. The summed E-state index contributed by atoms with van der Waals surface area (Å²) in [6, 6.07) is 0.492. The van der Waals surface area contributed by atoms with Gasteiger partial charge in [-0.3, -0.25) is 0 Å². The van der Waals surface area contributed by atoms with E-state index in [1.807, 2.05) is 0 Å². The van der Waals surface area contributed by atoms with Gasteiger partial charge in [-0.25, -0.2) is 0 Å². The van der Waals surface area contributed by atoms with Gasteiger partial charge in [0.2, 0.25) is 0 Å². The SMILES string of the molecule is CCCNC(C1CCOC2(CCOC2)C1)C1CCCCO1. The van der Waals surface area contributed by atoms with Crippen LogP contribution in [0.1, 0.15) is 51.9 Å². The van der Waals surface area contributed by atoms with Crippen molar-refractivity contribution in [3.05, 3.63) is 0 Å². The van der Waals surface area contributed by atoms with Crippen LogP contribution in [0, 0.1) is 5.92 Å². The highest BCUT2D eigenvalue weighted by Gasteiger charge is 2.44. The molecule has 1 N–H and O–H groups in total. The third-order valence-corrected chi connectivity index (χ3v) is 5.35. The summed E-state index contributed by atoms with van der Waals surface area (Å²) in [4.78, 5) is 0. The highest BCUT2D eigenvalue weighted by molar-refractivity contribution is 4.96. The van der Waals surface area contributed by atoms with E-state index in [0.717, 1.165) is 52.2 Å². The second-order valence-electron chi connectivity index (χ2n) is 6.97. The summed E-state index contributed by atoms with van der Waals surface area (Å²) in [6.07, 6.45) is 8.68. The van der Waals surface area contributed by atoms with Crippen LogP contribution in [0.2, 0.25) is 0 Å². The predicted octanol–water partition coefficient (Wildman–Crippen LogP) is 2.51. The van der Waals surface area contributed by atoms with Crippen molar-refractivity contribution in [1.29, 1.82) is 0 Å². The van der Waals surface area contributed by atoms with Gasteiger partial charge >= 0.3 is 0 Å². The zero-order valence-electron chi connectivity index (χ0n) is 13.4. The van der Waals surface area contributed by atoms with Gasteiger partial charge in [0.05, 0.1) is 18.3 Å². The van der Waals surface area contributed by atoms with E-state index in [1.165, 1.54) is 25.7 Å². The van der Waals surface area contributed by atoms with Crippen LogP contribution in [0.25, 0.3) is 0 Å². The molecule has 3 fully saturated rings.